The van der Waals surface area contributed by atoms with Crippen LogP contribution in [0.15, 0.2) is 35.2 Å². The van der Waals surface area contributed by atoms with Crippen LogP contribution in [0.3, 0.4) is 0 Å². The third-order valence-electron chi connectivity index (χ3n) is 13.0. The third-order valence-corrected chi connectivity index (χ3v) is 16.8. The summed E-state index contributed by atoms with van der Waals surface area (Å²) in [6, 6.07) is 3.43. The lowest BCUT2D eigenvalue weighted by molar-refractivity contribution is 0.347. The van der Waals surface area contributed by atoms with Gasteiger partial charge in [0.25, 0.3) is 0 Å². The summed E-state index contributed by atoms with van der Waals surface area (Å²) in [5.41, 5.74) is -16.8. The van der Waals surface area contributed by atoms with Crippen molar-refractivity contribution in [2.24, 2.45) is 0 Å². The van der Waals surface area contributed by atoms with Crippen LogP contribution in [0.25, 0.3) is 77.5 Å². The fourth-order valence-electron chi connectivity index (χ4n) is 9.41. The maximum Gasteiger partial charge on any atom is 0.245 e. The smallest absolute Gasteiger partial charge is 0.245 e. The Labute approximate surface area is 406 Å². The molecule has 3 aromatic carbocycles. The molecule has 3 aliphatic heterocycles. The largest absolute Gasteiger partial charge is 0.354 e. The minimum Gasteiger partial charge on any atom is -0.354 e. The molecule has 74 heavy (non-hydrogen) atoms. The Morgan fingerprint density at radius 3 is 1.09 bits per heavy atom. The van der Waals surface area contributed by atoms with Crippen molar-refractivity contribution in [3.63, 3.8) is 0 Å². The molecule has 7 aromatic rings. The number of nitrogens with zero attached hydrogens (tertiary/aromatic N) is 3. The van der Waals surface area contributed by atoms with E-state index in [4.69, 9.17) is 0 Å². The Hall–Kier alpha value is -6.84. The van der Waals surface area contributed by atoms with Crippen molar-refractivity contribution in [2.75, 3.05) is 26.2 Å². The number of halogens is 15. The van der Waals surface area contributed by atoms with Crippen molar-refractivity contribution in [3.05, 3.63) is 129 Å². The highest BCUT2D eigenvalue weighted by atomic mass is 32.2. The van der Waals surface area contributed by atoms with E-state index < -0.39 is 195 Å². The summed E-state index contributed by atoms with van der Waals surface area (Å²) >= 11 is 0. The van der Waals surface area contributed by atoms with Crippen LogP contribution in [-0.4, -0.2) is 71.6 Å². The highest BCUT2D eigenvalue weighted by Crippen LogP contribution is 2.46. The molecule has 0 atom stereocenters. The Kier molecular flexibility index (Phi) is 12.5. The summed E-state index contributed by atoms with van der Waals surface area (Å²) in [5.74, 6) is -39.1. The summed E-state index contributed by atoms with van der Waals surface area (Å²) in [5, 5.41) is 0. The van der Waals surface area contributed by atoms with Crippen molar-refractivity contribution in [1.82, 2.24) is 28.5 Å². The number of aromatic amines is 3. The zero-order valence-electron chi connectivity index (χ0n) is 37.0. The molecule has 0 unspecified atom stereocenters. The Balaban J connectivity index is 1.52. The van der Waals surface area contributed by atoms with Gasteiger partial charge < -0.3 is 15.0 Å². The van der Waals surface area contributed by atoms with Crippen molar-refractivity contribution in [2.45, 2.75) is 43.4 Å². The van der Waals surface area contributed by atoms with E-state index in [1.807, 2.05) is 0 Å². The van der Waals surface area contributed by atoms with Gasteiger partial charge in [0.2, 0.25) is 37.5 Å². The van der Waals surface area contributed by atoms with Crippen molar-refractivity contribution in [1.29, 1.82) is 0 Å². The molecule has 0 amide bonds. The van der Waals surface area contributed by atoms with E-state index >= 15 is 52.7 Å². The van der Waals surface area contributed by atoms with Crippen LogP contribution < -0.4 is 0 Å². The van der Waals surface area contributed by atoms with Crippen LogP contribution in [-0.2, 0) is 20.0 Å². The van der Waals surface area contributed by atoms with E-state index in [9.17, 15) is 30.0 Å². The number of hydrogen-bond acceptors (Lipinski definition) is 5. The molecule has 2 fully saturated rings. The average Bonchev–Trinajstić information content (AvgIpc) is 4.25. The second-order valence-electron chi connectivity index (χ2n) is 17.2. The van der Waals surface area contributed by atoms with Crippen molar-refractivity contribution >= 4 is 64.1 Å². The van der Waals surface area contributed by atoms with Gasteiger partial charge in [0.05, 0.1) is 39.1 Å². The zero-order valence-corrected chi connectivity index (χ0v) is 38.6. The van der Waals surface area contributed by atoms with Crippen LogP contribution in [0, 0.1) is 87.3 Å². The number of aromatic nitrogens is 4. The van der Waals surface area contributed by atoms with E-state index in [-0.39, 0.29) is 51.9 Å². The van der Waals surface area contributed by atoms with E-state index in [1.165, 1.54) is 0 Å². The molecule has 0 radical (unpaired) electrons. The highest BCUT2D eigenvalue weighted by Gasteiger charge is 2.40. The predicted octanol–water partition coefficient (Wildman–Crippen LogP) is 12.1. The molecule has 4 aromatic heterocycles. The first-order valence-electron chi connectivity index (χ1n) is 22.0. The van der Waals surface area contributed by atoms with Crippen LogP contribution in [0.4, 0.5) is 65.9 Å². The maximum atomic E-state index is 16.4. The molecule has 7 heterocycles. The number of fused-ring (bicyclic) bond motifs is 9. The molecule has 2 saturated heterocycles. The lowest BCUT2D eigenvalue weighted by Gasteiger charge is -2.26. The average molecular weight is 1090 g/mol. The third kappa shape index (κ3) is 7.66. The fourth-order valence-corrected chi connectivity index (χ4v) is 12.8. The van der Waals surface area contributed by atoms with E-state index in [1.54, 1.807) is 0 Å². The maximum absolute atomic E-state index is 16.4. The van der Waals surface area contributed by atoms with E-state index in [0.717, 1.165) is 20.7 Å². The van der Waals surface area contributed by atoms with Gasteiger partial charge in [-0.2, -0.15) is 8.61 Å². The monoisotopic (exact) mass is 1090 g/mol. The molecule has 3 aliphatic rings. The summed E-state index contributed by atoms with van der Waals surface area (Å²) in [7, 11) is -10.1. The van der Waals surface area contributed by atoms with Gasteiger partial charge >= 0.3 is 0 Å². The number of piperidine rings is 2. The molecule has 8 bridgehead atoms. The standard InChI is InChI=1S/C47H29F15N6O4S2/c48-31-28(32(49)38(55)43(60)37(31)54)25-17-7-8-19(63-17)26(29-33(50)39(56)44(61)40(57)34(29)51)21-15-23(73(69,70)67-11-3-1-4-12-67)46(65-21)22-16-24(74(71,72)68-13-5-2-6-14-68)47(66-22)27(20-10-9-18(25)64-20)30-35(52)41(58)45(62)42(59)36(30)53/h7-10,15-16,63-65H,1-6,11-14H2. The van der Waals surface area contributed by atoms with Gasteiger partial charge in [-0.15, -0.1) is 0 Å². The Morgan fingerprint density at radius 2 is 0.703 bits per heavy atom. The molecule has 0 saturated carbocycles. The SMILES string of the molecule is O=S(=O)(C1=Cc2nc1c(-c1c(F)c(F)c(F)c(F)c1F)c1ccc([nH]1)c(-c1c(F)c(F)c(F)c(F)c1F)c1ccc([nH]1)c(-c1c(F)c(F)c(F)c(F)c1F)c1cc(S(=O)(=O)N3CCCCC3)c2[nH]1)N1CCCCC1. The number of sulfonamides is 2. The molecule has 3 N–H and O–H groups in total. The Bertz CT molecular complexity index is 3910. The van der Waals surface area contributed by atoms with Gasteiger partial charge in [0.15, 0.2) is 69.8 Å². The first-order chi connectivity index (χ1) is 35.0. The fraction of sp³-hybridized carbons (Fsp3) is 0.213. The number of rotatable bonds is 7. The minimum absolute atomic E-state index is 0.186. The number of nitrogens with one attached hydrogen (secondary N) is 3. The van der Waals surface area contributed by atoms with Gasteiger partial charge in [-0.3, -0.25) is 0 Å². The van der Waals surface area contributed by atoms with Gasteiger partial charge in [0, 0.05) is 64.9 Å². The molecule has 10 nitrogen and oxygen atoms in total. The predicted molar refractivity (Wildman–Crippen MR) is 237 cm³/mol. The van der Waals surface area contributed by atoms with Crippen molar-refractivity contribution < 1.29 is 82.7 Å². The number of H-pyrrole nitrogens is 3. The summed E-state index contributed by atoms with van der Waals surface area (Å²) in [4.78, 5) is 9.39. The van der Waals surface area contributed by atoms with Crippen LogP contribution in [0.2, 0.25) is 0 Å². The van der Waals surface area contributed by atoms with E-state index in [0.29, 0.717) is 37.1 Å². The van der Waals surface area contributed by atoms with E-state index in [2.05, 4.69) is 19.9 Å². The number of hydrogen-bond donors (Lipinski definition) is 3. The molecule has 388 valence electrons. The lowest BCUT2D eigenvalue weighted by Crippen LogP contribution is -2.35. The summed E-state index contributed by atoms with van der Waals surface area (Å²) in [6.45, 7) is -0.861. The molecule has 10 rings (SSSR count). The second-order valence-corrected chi connectivity index (χ2v) is 21.0. The molecule has 27 heteroatoms. The zero-order chi connectivity index (χ0) is 53.2. The van der Waals surface area contributed by atoms with Gasteiger partial charge in [0.1, 0.15) is 9.80 Å². The molecule has 0 spiro atoms. The van der Waals surface area contributed by atoms with Crippen LogP contribution in [0.1, 0.15) is 49.9 Å². The quantitative estimate of drug-likeness (QED) is 0.0830. The first kappa shape index (κ1) is 50.7. The summed E-state index contributed by atoms with van der Waals surface area (Å²) < 4.78 is 294. The second kappa shape index (κ2) is 18.2. The van der Waals surface area contributed by atoms with Gasteiger partial charge in [-0.25, -0.2) is 87.7 Å². The molecule has 0 aliphatic carbocycles. The Morgan fingerprint density at radius 1 is 0.378 bits per heavy atom. The normalized spacial score (nSPS) is 15.7. The number of benzene rings is 3. The topological polar surface area (TPSA) is 135 Å². The lowest BCUT2D eigenvalue weighted by atomic mass is 10.0. The van der Waals surface area contributed by atoms with Gasteiger partial charge in [-0.1, -0.05) is 12.8 Å². The highest BCUT2D eigenvalue weighted by molar-refractivity contribution is 7.98. The summed E-state index contributed by atoms with van der Waals surface area (Å²) in [6.07, 6.45) is 2.58. The van der Waals surface area contributed by atoms with Crippen LogP contribution >= 0.6 is 0 Å². The molecular weight excluding hydrogens is 1060 g/mol. The molecular formula is C47H29F15N6O4S2. The first-order valence-corrected chi connectivity index (χ1v) is 24.8. The minimum atomic E-state index is -5.14. The van der Waals surface area contributed by atoms with Crippen molar-refractivity contribution in [3.8, 4) is 33.4 Å². The van der Waals surface area contributed by atoms with Crippen LogP contribution in [0.5, 0.6) is 0 Å². The van der Waals surface area contributed by atoms with Gasteiger partial charge in [-0.05, 0) is 62.1 Å².